The molecule has 2 bridgehead atoms. The minimum atomic E-state index is -2.13. The van der Waals surface area contributed by atoms with Gasteiger partial charge in [-0.1, -0.05) is 102 Å². The van der Waals surface area contributed by atoms with Gasteiger partial charge in [-0.3, -0.25) is 52.9 Å². The van der Waals surface area contributed by atoms with E-state index in [1.165, 1.54) is 74.0 Å². The van der Waals surface area contributed by atoms with Gasteiger partial charge in [0, 0.05) is 141 Å². The summed E-state index contributed by atoms with van der Waals surface area (Å²) < 4.78 is 73.1. The summed E-state index contributed by atoms with van der Waals surface area (Å²) in [6, 6.07) is 3.82. The molecular weight excluding hydrogens is 1990 g/mol. The Balaban J connectivity index is 0.727. The number of carbonyl (C=O) groups excluding carboxylic acids is 12. The van der Waals surface area contributed by atoms with E-state index in [4.69, 9.17) is 67.4 Å². The number of methoxy groups -OCH3 is 2. The van der Waals surface area contributed by atoms with Crippen molar-refractivity contribution in [3.63, 3.8) is 0 Å². The third-order valence-electron chi connectivity index (χ3n) is 25.0. The number of amides is 7. The zero-order valence-electron chi connectivity index (χ0n) is 81.8. The lowest BCUT2D eigenvalue weighted by Gasteiger charge is -2.46. The highest BCUT2D eigenvalue weighted by Gasteiger charge is 2.53. The van der Waals surface area contributed by atoms with Crippen molar-refractivity contribution in [2.45, 2.75) is 306 Å². The number of imide groups is 1. The Labute approximate surface area is 843 Å². The van der Waals surface area contributed by atoms with Crippen molar-refractivity contribution in [1.29, 1.82) is 0 Å². The number of allylic oxidation sites excluding steroid dienone is 3. The van der Waals surface area contributed by atoms with Crippen LogP contribution in [-0.2, 0) is 102 Å². The number of nitrogens with one attached hydrogen (secondary N) is 5. The largest absolute Gasteiger partial charge is 0.496 e. The molecule has 772 valence electrons. The monoisotopic (exact) mass is 2130 g/mol. The number of carbonyl (C=O) groups is 12. The average molecular weight is 2130 g/mol. The molecule has 2 aliphatic carbocycles. The van der Waals surface area contributed by atoms with Gasteiger partial charge in [0.2, 0.25) is 23.2 Å². The van der Waals surface area contributed by atoms with Crippen LogP contribution in [0, 0.1) is 64.8 Å². The molecule has 5 aliphatic heterocycles. The van der Waals surface area contributed by atoms with Gasteiger partial charge in [-0.15, -0.1) is 0 Å². The molecule has 7 amide bonds. The van der Waals surface area contributed by atoms with Gasteiger partial charge in [0.05, 0.1) is 90.8 Å². The Bertz CT molecular complexity index is 4910. The van der Waals surface area contributed by atoms with Gasteiger partial charge >= 0.3 is 12.1 Å². The Morgan fingerprint density at radius 2 is 1.47 bits per heavy atom. The smallest absolute Gasteiger partial charge is 0.407 e. The number of nitrogens with zero attached hydrogens (tertiary/aromatic N) is 1. The maximum atomic E-state index is 14.6. The number of hydrogen-bond acceptors (Lipinski definition) is 34. The Kier molecular flexibility index (Phi) is 46.1. The van der Waals surface area contributed by atoms with E-state index in [2.05, 4.69) is 50.4 Å². The first-order valence-corrected chi connectivity index (χ1v) is 51.6. The maximum absolute atomic E-state index is 14.6. The minimum absolute atomic E-state index is 0.0133. The van der Waals surface area contributed by atoms with Crippen LogP contribution in [0.1, 0.15) is 199 Å². The number of alkyl carbamates (subject to hydrolysis) is 1. The van der Waals surface area contributed by atoms with Gasteiger partial charge in [0.1, 0.15) is 72.1 Å². The number of nitrogens with two attached hydrogens (primary N) is 1. The molecule has 0 radical (unpaired) electrons. The van der Waals surface area contributed by atoms with Crippen LogP contribution >= 0.6 is 55.9 Å². The molecule has 140 heavy (non-hydrogen) atoms. The van der Waals surface area contributed by atoms with E-state index in [1.54, 1.807) is 78.8 Å². The number of halogens is 1. The summed E-state index contributed by atoms with van der Waals surface area (Å²) in [7, 11) is 5.71. The SMILES string of the molecule is COc1c(C)c(OC2OC(C)C(O)C(OC)C2O)c(I)c(C)c1C(=O)SC1C(O)CC(ONC2C(C)OC(O[C@H]3C#C/C=C\C#C[C@]4(O)CC(=O)C(CC(C)=O)=C3/C4=C/CSSC(C)(C)CCC(=O)CCCOCCOCCNC(=O)OCc3ccc(NC(=O)[C@H](CCCNC(N)=O)CC(=O)[C@@H](NC(=O)CCCCCN4C(=O)C=CC4=O)C(C)C)cc3)C(OC3CC(C)C(CC(C)=O)CO3)C2O)OC1C. The fourth-order valence-corrected chi connectivity index (χ4v) is 21.5. The highest BCUT2D eigenvalue weighted by molar-refractivity contribution is 14.1. The van der Waals surface area contributed by atoms with E-state index in [0.29, 0.717) is 71.1 Å². The van der Waals surface area contributed by atoms with Crippen LogP contribution in [0.4, 0.5) is 15.3 Å². The van der Waals surface area contributed by atoms with Crippen LogP contribution < -0.4 is 42.0 Å². The van der Waals surface area contributed by atoms with Gasteiger partial charge in [0.15, 0.2) is 36.0 Å². The number of Topliss-reactive ketones (excluding diaryl/α,β-unsaturated/α-hetero) is 5. The van der Waals surface area contributed by atoms with Crippen molar-refractivity contribution in [3.8, 4) is 35.2 Å². The Morgan fingerprint density at radius 1 is 0.764 bits per heavy atom. The number of hydrogen-bond donors (Lipinski definition) is 11. The molecule has 0 saturated carbocycles. The third-order valence-corrected chi connectivity index (χ3v) is 30.9. The summed E-state index contributed by atoms with van der Waals surface area (Å²) in [5.41, 5.74) is 8.44. The summed E-state index contributed by atoms with van der Waals surface area (Å²) in [6.45, 7) is 22.3. The number of aliphatic hydroxyl groups is 5. The molecule has 21 atom stereocenters. The van der Waals surface area contributed by atoms with Crippen molar-refractivity contribution >= 4 is 131 Å². The van der Waals surface area contributed by atoms with Crippen molar-refractivity contribution in [1.82, 2.24) is 26.3 Å². The number of rotatable bonds is 53. The molecule has 4 saturated heterocycles. The number of unbranched alkanes of at least 4 members (excludes halogenated alkanes) is 2. The van der Waals surface area contributed by atoms with Crippen molar-refractivity contribution in [2.75, 3.05) is 78.0 Å². The summed E-state index contributed by atoms with van der Waals surface area (Å²) in [5, 5.41) is 68.6. The van der Waals surface area contributed by atoms with E-state index in [1.807, 2.05) is 43.4 Å². The fourth-order valence-electron chi connectivity index (χ4n) is 17.2. The maximum Gasteiger partial charge on any atom is 0.407 e. The lowest BCUT2D eigenvalue weighted by molar-refractivity contribution is -0.335. The number of aliphatic hydroxyl groups excluding tert-OH is 4. The highest BCUT2D eigenvalue weighted by Crippen LogP contribution is 2.47. The van der Waals surface area contributed by atoms with Crippen LogP contribution in [0.2, 0.25) is 0 Å². The molecule has 0 aromatic heterocycles. The van der Waals surface area contributed by atoms with Crippen LogP contribution in [0.25, 0.3) is 0 Å². The number of benzene rings is 2. The normalized spacial score (nSPS) is 27.2. The molecule has 9 rings (SSSR count). The summed E-state index contributed by atoms with van der Waals surface area (Å²) in [6.07, 6.45) is -7.29. The molecule has 7 aliphatic rings. The molecule has 4 fully saturated rings. The molecule has 41 heteroatoms. The number of anilines is 1. The number of urea groups is 1. The molecule has 37 nitrogen and oxygen atoms in total. The highest BCUT2D eigenvalue weighted by atomic mass is 127. The number of thioether (sulfide) groups is 1. The predicted octanol–water partition coefficient (Wildman–Crippen LogP) is 8.58. The zero-order chi connectivity index (χ0) is 102. The number of hydroxylamine groups is 1. The number of ether oxygens (including phenoxy) is 12. The first kappa shape index (κ1) is 115. The lowest BCUT2D eigenvalue weighted by atomic mass is 9.72. The number of primary amides is 1. The average Bonchev–Trinajstić information content (AvgIpc) is 0.869. The van der Waals surface area contributed by atoms with Gasteiger partial charge < -0.3 is 114 Å². The predicted molar refractivity (Wildman–Crippen MR) is 527 cm³/mol. The third kappa shape index (κ3) is 33.7. The Hall–Kier alpha value is -8.10. The molecule has 5 heterocycles. The minimum Gasteiger partial charge on any atom is -0.496 e. The van der Waals surface area contributed by atoms with Crippen LogP contribution in [0.15, 0.2) is 71.4 Å². The van der Waals surface area contributed by atoms with Gasteiger partial charge in [-0.05, 0) is 177 Å². The molecule has 17 unspecified atom stereocenters. The van der Waals surface area contributed by atoms with E-state index in [0.717, 1.165) is 16.7 Å². The molecule has 0 spiro atoms. The van der Waals surface area contributed by atoms with Gasteiger partial charge in [-0.25, -0.2) is 9.59 Å². The van der Waals surface area contributed by atoms with Crippen molar-refractivity contribution in [2.24, 2.45) is 29.4 Å². The lowest BCUT2D eigenvalue weighted by Crippen LogP contribution is -2.64. The van der Waals surface area contributed by atoms with Crippen LogP contribution in [0.5, 0.6) is 11.5 Å². The summed E-state index contributed by atoms with van der Waals surface area (Å²) >= 11 is 2.90. The van der Waals surface area contributed by atoms with Crippen molar-refractivity contribution in [3.05, 3.63) is 97.2 Å². The topological polar surface area (TPSA) is 515 Å². The molecule has 12 N–H and O–H groups in total. The summed E-state index contributed by atoms with van der Waals surface area (Å²) in [5.74, 6) is 8.26. The Morgan fingerprint density at radius 3 is 2.14 bits per heavy atom. The number of fused-ring (bicyclic) bond motifs is 2. The van der Waals surface area contributed by atoms with Crippen molar-refractivity contribution < 1.29 is 145 Å². The standard InChI is InChI=1S/C99H136IN7O30S3/c1-54(2)82(105-74(114)27-19-17-21-40-107-75(115)32-33-76(107)116)70(111)49-64(24-22-38-102-96(101)122)92(120)104-66-30-28-63(29-31-66)52-130-97(123)103-39-42-128-44-43-127-41-23-25-67(110)34-37-98(11,12)140-138-45-35-69-80-68(48-57(5)109)72(113)51-99(69,124)36-20-16-15-18-26-73(80)134-95-90(135-77-46-55(3)65(53-129-77)47-56(4)108)85(118)83(60(8)132-95)106-137-78-50-71(112)91(62(10)131-78)139-93(121)79-58(6)81(100)88(59(7)87(79)125-13)136-94-86(119)89(126-14)84(117)61(9)133-94/h15-16,28-33,35,54-55,60-62,64-65,71,73,77-78,82-86,89-91,94-95,106,112,117-119,124H,17,19,21-25,27,34,37-53H2,1-14H3,(H,103,123)(H,104,120)(H,105,114)(H3,101,102,122)/b16-15-,69-35-/t55?,60?,61?,62?,64-,65?,71?,73+,77?,78?,82+,83?,84?,85?,86?,89?,90?,91?,94?,95?,99+/m1/s1. The first-order valence-electron chi connectivity index (χ1n) is 47.4. The van der Waals surface area contributed by atoms with Gasteiger partial charge in [0.25, 0.3) is 11.8 Å². The number of ketones is 5. The second-order valence-electron chi connectivity index (χ2n) is 37.0. The van der Waals surface area contributed by atoms with Crippen LogP contribution in [0.3, 0.4) is 0 Å². The zero-order valence-corrected chi connectivity index (χ0v) is 86.4. The second-order valence-corrected chi connectivity index (χ2v) is 42.2. The fraction of sp³-hybridized carbons (Fsp3) is 0.636. The quantitative estimate of drug-likeness (QED) is 0.00737. The van der Waals surface area contributed by atoms with Crippen LogP contribution in [-0.4, -0.2) is 287 Å². The molecule has 2 aromatic rings. The van der Waals surface area contributed by atoms with E-state index < -0.39 is 155 Å². The molecular formula is C99H136IN7O30S3. The van der Waals surface area contributed by atoms with E-state index >= 15 is 0 Å². The summed E-state index contributed by atoms with van der Waals surface area (Å²) in [4.78, 5) is 164. The van der Waals surface area contributed by atoms with E-state index in [-0.39, 0.29) is 209 Å². The molecule has 2 aromatic carbocycles. The second kappa shape index (κ2) is 55.8. The first-order chi connectivity index (χ1) is 66.5. The van der Waals surface area contributed by atoms with Gasteiger partial charge in [-0.2, -0.15) is 5.48 Å². The van der Waals surface area contributed by atoms with E-state index in [9.17, 15) is 83.1 Å².